The third-order valence-corrected chi connectivity index (χ3v) is 3.23. The van der Waals surface area contributed by atoms with Gasteiger partial charge in [-0.2, -0.15) is 0 Å². The molecule has 0 radical (unpaired) electrons. The number of fused-ring (bicyclic) bond motifs is 1. The van der Waals surface area contributed by atoms with E-state index in [4.69, 9.17) is 0 Å². The van der Waals surface area contributed by atoms with Crippen molar-refractivity contribution < 1.29 is 5.11 Å². The van der Waals surface area contributed by atoms with Crippen LogP contribution in [0.15, 0.2) is 24.3 Å². The summed E-state index contributed by atoms with van der Waals surface area (Å²) in [7, 11) is 0. The molecule has 0 heterocycles. The number of hydrogen-bond acceptors (Lipinski definition) is 1. The Kier molecular flexibility index (Phi) is 2.87. The molecule has 2 atom stereocenters. The average Bonchev–Trinajstić information content (AvgIpc) is 2.61. The third-order valence-electron chi connectivity index (χ3n) is 3.23. The molecule has 0 fully saturated rings. The maximum Gasteiger partial charge on any atom is 0.0608 e. The zero-order chi connectivity index (χ0) is 9.97. The van der Waals surface area contributed by atoms with E-state index in [0.717, 1.165) is 25.7 Å². The van der Waals surface area contributed by atoms with Gasteiger partial charge in [-0.25, -0.2) is 0 Å². The molecule has 76 valence electrons. The molecule has 0 aromatic heterocycles. The second-order valence-corrected chi connectivity index (χ2v) is 4.20. The number of hydrogen-bond donors (Lipinski definition) is 1. The molecule has 0 saturated carbocycles. The van der Waals surface area contributed by atoms with Crippen molar-refractivity contribution in [3.8, 4) is 0 Å². The molecule has 0 saturated heterocycles. The summed E-state index contributed by atoms with van der Waals surface area (Å²) in [5, 5.41) is 10.00. The van der Waals surface area contributed by atoms with Crippen molar-refractivity contribution in [3.05, 3.63) is 35.4 Å². The number of aliphatic hydroxyl groups is 1. The lowest BCUT2D eigenvalue weighted by atomic mass is 9.93. The normalized spacial score (nSPS) is 22.0. The van der Waals surface area contributed by atoms with Crippen LogP contribution in [0.2, 0.25) is 0 Å². The maximum absolute atomic E-state index is 10.00. The Labute approximate surface area is 85.8 Å². The highest BCUT2D eigenvalue weighted by Crippen LogP contribution is 2.36. The minimum absolute atomic E-state index is 0.136. The van der Waals surface area contributed by atoms with Gasteiger partial charge in [0.2, 0.25) is 0 Å². The van der Waals surface area contributed by atoms with Crippen molar-refractivity contribution in [1.82, 2.24) is 0 Å². The second-order valence-electron chi connectivity index (χ2n) is 4.20. The third kappa shape index (κ3) is 1.69. The molecule has 1 aromatic rings. The Bertz CT molecular complexity index is 306. The maximum atomic E-state index is 10.00. The van der Waals surface area contributed by atoms with Gasteiger partial charge in [0, 0.05) is 5.92 Å². The van der Waals surface area contributed by atoms with Crippen LogP contribution in [-0.2, 0) is 6.42 Å². The highest BCUT2D eigenvalue weighted by atomic mass is 16.3. The fraction of sp³-hybridized carbons (Fsp3) is 0.538. The minimum Gasteiger partial charge on any atom is -0.392 e. The van der Waals surface area contributed by atoms with Crippen LogP contribution in [0, 0.1) is 0 Å². The largest absolute Gasteiger partial charge is 0.392 e. The summed E-state index contributed by atoms with van der Waals surface area (Å²) in [6, 6.07) is 8.53. The van der Waals surface area contributed by atoms with E-state index in [-0.39, 0.29) is 6.10 Å². The topological polar surface area (TPSA) is 20.2 Å². The van der Waals surface area contributed by atoms with Gasteiger partial charge in [-0.15, -0.1) is 0 Å². The Balaban J connectivity index is 2.17. The van der Waals surface area contributed by atoms with Crippen molar-refractivity contribution in [2.24, 2.45) is 0 Å². The second kappa shape index (κ2) is 4.14. The summed E-state index contributed by atoms with van der Waals surface area (Å²) in [5.74, 6) is 0.395. The number of benzene rings is 1. The quantitative estimate of drug-likeness (QED) is 0.777. The van der Waals surface area contributed by atoms with Gasteiger partial charge in [0.15, 0.2) is 0 Å². The van der Waals surface area contributed by atoms with E-state index in [1.807, 2.05) is 0 Å². The first-order chi connectivity index (χ1) is 6.83. The van der Waals surface area contributed by atoms with Crippen LogP contribution in [0.3, 0.4) is 0 Å². The summed E-state index contributed by atoms with van der Waals surface area (Å²) in [5.41, 5.74) is 2.82. The molecular weight excluding hydrogens is 172 g/mol. The summed E-state index contributed by atoms with van der Waals surface area (Å²) in [6.45, 7) is 2.13. The Morgan fingerprint density at radius 1 is 1.43 bits per heavy atom. The molecule has 0 aliphatic heterocycles. The van der Waals surface area contributed by atoms with E-state index in [9.17, 15) is 5.11 Å². The highest BCUT2D eigenvalue weighted by Gasteiger charge is 2.27. The molecule has 1 unspecified atom stereocenters. The van der Waals surface area contributed by atoms with Crippen molar-refractivity contribution in [2.45, 2.75) is 44.6 Å². The Hall–Kier alpha value is -0.820. The molecule has 1 N–H and O–H groups in total. The highest BCUT2D eigenvalue weighted by molar-refractivity contribution is 5.35. The lowest BCUT2D eigenvalue weighted by Gasteiger charge is -2.18. The fourth-order valence-electron chi connectivity index (χ4n) is 2.49. The van der Waals surface area contributed by atoms with Crippen molar-refractivity contribution in [3.63, 3.8) is 0 Å². The predicted molar refractivity (Wildman–Crippen MR) is 58.4 cm³/mol. The molecule has 1 aliphatic rings. The smallest absolute Gasteiger partial charge is 0.0608 e. The van der Waals surface area contributed by atoms with E-state index in [2.05, 4.69) is 31.2 Å². The molecule has 1 nitrogen and oxygen atoms in total. The molecule has 2 rings (SSSR count). The van der Waals surface area contributed by atoms with Gasteiger partial charge < -0.3 is 5.11 Å². The minimum atomic E-state index is -0.136. The Morgan fingerprint density at radius 2 is 2.21 bits per heavy atom. The van der Waals surface area contributed by atoms with E-state index in [1.54, 1.807) is 0 Å². The van der Waals surface area contributed by atoms with Crippen molar-refractivity contribution in [2.75, 3.05) is 0 Å². The van der Waals surface area contributed by atoms with Gasteiger partial charge in [-0.3, -0.25) is 0 Å². The summed E-state index contributed by atoms with van der Waals surface area (Å²) < 4.78 is 0. The van der Waals surface area contributed by atoms with E-state index in [0.29, 0.717) is 5.92 Å². The molecule has 0 amide bonds. The van der Waals surface area contributed by atoms with Gasteiger partial charge in [0.05, 0.1) is 6.10 Å². The lowest BCUT2D eigenvalue weighted by Crippen LogP contribution is -2.15. The monoisotopic (exact) mass is 190 g/mol. The number of aryl methyl sites for hydroxylation is 1. The van der Waals surface area contributed by atoms with Crippen LogP contribution in [0.4, 0.5) is 0 Å². The molecule has 14 heavy (non-hydrogen) atoms. The molecule has 0 spiro atoms. The zero-order valence-electron chi connectivity index (χ0n) is 8.74. The first kappa shape index (κ1) is 9.72. The van der Waals surface area contributed by atoms with Crippen LogP contribution in [0.5, 0.6) is 0 Å². The zero-order valence-corrected chi connectivity index (χ0v) is 8.74. The summed E-state index contributed by atoms with van der Waals surface area (Å²) in [4.78, 5) is 0. The van der Waals surface area contributed by atoms with E-state index in [1.165, 1.54) is 11.1 Å². The van der Waals surface area contributed by atoms with E-state index >= 15 is 0 Å². The van der Waals surface area contributed by atoms with Gasteiger partial charge in [0.1, 0.15) is 0 Å². The Morgan fingerprint density at radius 3 is 3.00 bits per heavy atom. The first-order valence-electron chi connectivity index (χ1n) is 5.58. The summed E-state index contributed by atoms with van der Waals surface area (Å²) >= 11 is 0. The molecule has 0 bridgehead atoms. The van der Waals surface area contributed by atoms with Gasteiger partial charge in [-0.05, 0) is 30.4 Å². The standard InChI is InChI=1S/C13H18O/c1-2-5-13(14)12-9-8-10-6-3-4-7-11(10)12/h3-4,6-7,12-14H,2,5,8-9H2,1H3/t12?,13-/m1/s1. The lowest BCUT2D eigenvalue weighted by molar-refractivity contribution is 0.132. The van der Waals surface area contributed by atoms with Crippen LogP contribution in [0.25, 0.3) is 0 Å². The van der Waals surface area contributed by atoms with Crippen LogP contribution >= 0.6 is 0 Å². The SMILES string of the molecule is CCC[C@@H](O)C1CCc2ccccc21. The summed E-state index contributed by atoms with van der Waals surface area (Å²) in [6.07, 6.45) is 4.13. The predicted octanol–water partition coefficient (Wildman–Crippen LogP) is 2.88. The fourth-order valence-corrected chi connectivity index (χ4v) is 2.49. The van der Waals surface area contributed by atoms with Crippen LogP contribution in [0.1, 0.15) is 43.2 Å². The number of rotatable bonds is 3. The van der Waals surface area contributed by atoms with E-state index < -0.39 is 0 Å². The molecule has 1 heteroatoms. The van der Waals surface area contributed by atoms with Gasteiger partial charge in [-0.1, -0.05) is 37.6 Å². The molecule has 1 aromatic carbocycles. The molecular formula is C13H18O. The first-order valence-corrected chi connectivity index (χ1v) is 5.58. The van der Waals surface area contributed by atoms with Crippen molar-refractivity contribution in [1.29, 1.82) is 0 Å². The average molecular weight is 190 g/mol. The number of aliphatic hydroxyl groups excluding tert-OH is 1. The van der Waals surface area contributed by atoms with Crippen LogP contribution < -0.4 is 0 Å². The van der Waals surface area contributed by atoms with Crippen molar-refractivity contribution >= 4 is 0 Å². The van der Waals surface area contributed by atoms with Gasteiger partial charge in [0.25, 0.3) is 0 Å². The molecule has 1 aliphatic carbocycles. The van der Waals surface area contributed by atoms with Gasteiger partial charge >= 0.3 is 0 Å². The van der Waals surface area contributed by atoms with Crippen LogP contribution in [-0.4, -0.2) is 11.2 Å².